The second-order valence-electron chi connectivity index (χ2n) is 5.38. The summed E-state index contributed by atoms with van der Waals surface area (Å²) in [5.74, 6) is 0. The van der Waals surface area contributed by atoms with E-state index in [-0.39, 0.29) is 0 Å². The van der Waals surface area contributed by atoms with E-state index in [2.05, 4.69) is 78.9 Å². The molecule has 4 aromatic rings. The maximum absolute atomic E-state index is 3.27. The fourth-order valence-corrected chi connectivity index (χ4v) is 2.88. The second kappa shape index (κ2) is 5.50. The Hall–Kier alpha value is -2.86. The normalized spacial score (nSPS) is 10.7. The van der Waals surface area contributed by atoms with Crippen molar-refractivity contribution in [3.8, 4) is 22.3 Å². The molecule has 0 aliphatic heterocycles. The summed E-state index contributed by atoms with van der Waals surface area (Å²) in [7, 11) is 0. The monoisotopic (exact) mass is 279 g/mol. The highest BCUT2D eigenvalue weighted by Gasteiger charge is 2.04. The smallest absolute Gasteiger partial charge is 0.00992 e. The minimum Gasteiger partial charge on any atom is -0.0616 e. The van der Waals surface area contributed by atoms with Crippen LogP contribution < -0.4 is 0 Å². The van der Waals surface area contributed by atoms with Gasteiger partial charge in [-0.15, -0.1) is 0 Å². The molecule has 0 unspecified atom stereocenters. The van der Waals surface area contributed by atoms with Crippen molar-refractivity contribution < 1.29 is 0 Å². The lowest BCUT2D eigenvalue weighted by atomic mass is 9.96. The molecule has 0 fully saturated rings. The van der Waals surface area contributed by atoms with Gasteiger partial charge >= 0.3 is 0 Å². The highest BCUT2D eigenvalue weighted by atomic mass is 14.1. The Kier molecular flexibility index (Phi) is 3.21. The van der Waals surface area contributed by atoms with Crippen LogP contribution in [0.1, 0.15) is 0 Å². The number of fused-ring (bicyclic) bond motifs is 1. The largest absolute Gasteiger partial charge is 0.0616 e. The van der Waals surface area contributed by atoms with Crippen LogP contribution in [-0.2, 0) is 0 Å². The third-order valence-corrected chi connectivity index (χ3v) is 4.01. The van der Waals surface area contributed by atoms with E-state index in [9.17, 15) is 0 Å². The van der Waals surface area contributed by atoms with Crippen LogP contribution in [0.15, 0.2) is 91.0 Å². The Morgan fingerprint density at radius 3 is 2.09 bits per heavy atom. The summed E-state index contributed by atoms with van der Waals surface area (Å²) < 4.78 is 0. The van der Waals surface area contributed by atoms with Crippen molar-refractivity contribution >= 4 is 10.8 Å². The summed E-state index contributed by atoms with van der Waals surface area (Å²) in [6.07, 6.45) is 0. The first-order valence-electron chi connectivity index (χ1n) is 7.47. The minimum absolute atomic E-state index is 1.13. The van der Waals surface area contributed by atoms with Gasteiger partial charge in [0.2, 0.25) is 0 Å². The SMILES string of the molecule is [c]1ccccc1-c1ccc(-c2cccc3ccccc23)cc1. The maximum Gasteiger partial charge on any atom is -0.00992 e. The number of benzene rings is 4. The van der Waals surface area contributed by atoms with Crippen molar-refractivity contribution in [2.75, 3.05) is 0 Å². The molecule has 0 heteroatoms. The third kappa shape index (κ3) is 2.29. The third-order valence-electron chi connectivity index (χ3n) is 4.01. The Morgan fingerprint density at radius 2 is 1.27 bits per heavy atom. The van der Waals surface area contributed by atoms with E-state index in [0.29, 0.717) is 0 Å². The quantitative estimate of drug-likeness (QED) is 0.424. The van der Waals surface area contributed by atoms with E-state index in [4.69, 9.17) is 0 Å². The first-order chi connectivity index (χ1) is 10.9. The van der Waals surface area contributed by atoms with E-state index in [0.717, 1.165) is 5.56 Å². The second-order valence-corrected chi connectivity index (χ2v) is 5.38. The predicted octanol–water partition coefficient (Wildman–Crippen LogP) is 5.97. The first-order valence-corrected chi connectivity index (χ1v) is 7.47. The van der Waals surface area contributed by atoms with Crippen LogP contribution in [0.4, 0.5) is 0 Å². The molecule has 0 aliphatic carbocycles. The number of hydrogen-bond donors (Lipinski definition) is 0. The van der Waals surface area contributed by atoms with Gasteiger partial charge in [-0.3, -0.25) is 0 Å². The summed E-state index contributed by atoms with van der Waals surface area (Å²) in [6.45, 7) is 0. The van der Waals surface area contributed by atoms with Gasteiger partial charge in [0.15, 0.2) is 0 Å². The molecule has 0 N–H and O–H groups in total. The van der Waals surface area contributed by atoms with Crippen molar-refractivity contribution in [1.82, 2.24) is 0 Å². The molecule has 4 rings (SSSR count). The predicted molar refractivity (Wildman–Crippen MR) is 93.7 cm³/mol. The number of rotatable bonds is 2. The minimum atomic E-state index is 1.13. The fourth-order valence-electron chi connectivity index (χ4n) is 2.88. The topological polar surface area (TPSA) is 0 Å². The van der Waals surface area contributed by atoms with Gasteiger partial charge in [0.1, 0.15) is 0 Å². The van der Waals surface area contributed by atoms with Gasteiger partial charge in [-0.1, -0.05) is 91.0 Å². The van der Waals surface area contributed by atoms with Crippen molar-refractivity contribution in [2.45, 2.75) is 0 Å². The first kappa shape index (κ1) is 12.8. The summed E-state index contributed by atoms with van der Waals surface area (Å²) in [5.41, 5.74) is 4.86. The van der Waals surface area contributed by atoms with Gasteiger partial charge in [-0.25, -0.2) is 0 Å². The number of hydrogen-bond acceptors (Lipinski definition) is 0. The van der Waals surface area contributed by atoms with Crippen LogP contribution in [0.3, 0.4) is 0 Å². The zero-order valence-electron chi connectivity index (χ0n) is 12.2. The van der Waals surface area contributed by atoms with Gasteiger partial charge in [-0.2, -0.15) is 0 Å². The summed E-state index contributed by atoms with van der Waals surface area (Å²) in [6, 6.07) is 35.1. The molecule has 22 heavy (non-hydrogen) atoms. The summed E-state index contributed by atoms with van der Waals surface area (Å²) >= 11 is 0. The Morgan fingerprint density at radius 1 is 0.545 bits per heavy atom. The average Bonchev–Trinajstić information content (AvgIpc) is 2.62. The van der Waals surface area contributed by atoms with E-state index in [1.807, 2.05) is 18.2 Å². The van der Waals surface area contributed by atoms with Crippen LogP contribution in [0.2, 0.25) is 0 Å². The lowest BCUT2D eigenvalue weighted by Crippen LogP contribution is -1.82. The van der Waals surface area contributed by atoms with E-state index in [1.54, 1.807) is 0 Å². The molecule has 0 saturated heterocycles. The molecule has 0 aliphatic rings. The van der Waals surface area contributed by atoms with E-state index in [1.165, 1.54) is 27.5 Å². The molecule has 0 aromatic heterocycles. The Bertz CT molecular complexity index is 898. The van der Waals surface area contributed by atoms with E-state index >= 15 is 0 Å². The molecule has 0 atom stereocenters. The molecule has 0 nitrogen and oxygen atoms in total. The van der Waals surface area contributed by atoms with Gasteiger partial charge < -0.3 is 0 Å². The van der Waals surface area contributed by atoms with Crippen molar-refractivity contribution in [1.29, 1.82) is 0 Å². The van der Waals surface area contributed by atoms with Gasteiger partial charge in [-0.05, 0) is 39.1 Å². The summed E-state index contributed by atoms with van der Waals surface area (Å²) in [4.78, 5) is 0. The van der Waals surface area contributed by atoms with Crippen LogP contribution in [0.5, 0.6) is 0 Å². The molecule has 0 saturated carbocycles. The summed E-state index contributed by atoms with van der Waals surface area (Å²) in [5, 5.41) is 2.57. The van der Waals surface area contributed by atoms with Crippen molar-refractivity contribution in [3.05, 3.63) is 97.1 Å². The maximum atomic E-state index is 3.27. The zero-order valence-corrected chi connectivity index (χ0v) is 12.2. The van der Waals surface area contributed by atoms with Gasteiger partial charge in [0.05, 0.1) is 0 Å². The van der Waals surface area contributed by atoms with Crippen LogP contribution >= 0.6 is 0 Å². The molecule has 1 radical (unpaired) electrons. The highest BCUT2D eigenvalue weighted by Crippen LogP contribution is 2.30. The van der Waals surface area contributed by atoms with Crippen LogP contribution in [0.25, 0.3) is 33.0 Å². The molecule has 0 heterocycles. The zero-order chi connectivity index (χ0) is 14.8. The van der Waals surface area contributed by atoms with Crippen LogP contribution in [-0.4, -0.2) is 0 Å². The molecule has 4 aromatic carbocycles. The lowest BCUT2D eigenvalue weighted by molar-refractivity contribution is 1.60. The highest BCUT2D eigenvalue weighted by molar-refractivity contribution is 5.96. The van der Waals surface area contributed by atoms with Gasteiger partial charge in [0.25, 0.3) is 0 Å². The Labute approximate surface area is 130 Å². The van der Waals surface area contributed by atoms with Gasteiger partial charge in [0, 0.05) is 0 Å². The molecule has 0 spiro atoms. The lowest BCUT2D eigenvalue weighted by Gasteiger charge is -2.08. The van der Waals surface area contributed by atoms with E-state index < -0.39 is 0 Å². The van der Waals surface area contributed by atoms with Crippen molar-refractivity contribution in [2.24, 2.45) is 0 Å². The molecule has 0 bridgehead atoms. The van der Waals surface area contributed by atoms with Crippen molar-refractivity contribution in [3.63, 3.8) is 0 Å². The van der Waals surface area contributed by atoms with Crippen LogP contribution in [0, 0.1) is 6.07 Å². The Balaban J connectivity index is 1.80. The molecular formula is C22H15. The molecular weight excluding hydrogens is 264 g/mol. The molecule has 0 amide bonds. The standard InChI is InChI=1S/C22H15/c1-2-7-17(8-3-1)18-13-15-20(16-14-18)22-12-6-10-19-9-4-5-11-21(19)22/h1-7,9-16H. The fraction of sp³-hybridized carbons (Fsp3) is 0. The average molecular weight is 279 g/mol. The molecule has 103 valence electrons.